The van der Waals surface area contributed by atoms with Crippen LogP contribution in [0.5, 0.6) is 0 Å². The van der Waals surface area contributed by atoms with E-state index in [1.807, 2.05) is 0 Å². The van der Waals surface area contributed by atoms with Crippen molar-refractivity contribution in [2.24, 2.45) is 0 Å². The van der Waals surface area contributed by atoms with Crippen LogP contribution in [0.1, 0.15) is 18.5 Å². The maximum absolute atomic E-state index is 3.47. The van der Waals surface area contributed by atoms with E-state index in [4.69, 9.17) is 0 Å². The number of fused-ring (bicyclic) bond motifs is 1. The van der Waals surface area contributed by atoms with Gasteiger partial charge in [0.15, 0.2) is 0 Å². The third-order valence-electron chi connectivity index (χ3n) is 2.34. The first-order chi connectivity index (χ1) is 5.68. The van der Waals surface area contributed by atoms with Crippen molar-refractivity contribution >= 4 is 21.6 Å². The molecule has 0 aromatic heterocycles. The molecule has 1 unspecified atom stereocenters. The van der Waals surface area contributed by atoms with Gasteiger partial charge in [-0.2, -0.15) is 0 Å². The highest BCUT2D eigenvalue weighted by atomic mass is 79.9. The van der Waals surface area contributed by atoms with Crippen molar-refractivity contribution in [1.29, 1.82) is 0 Å². The summed E-state index contributed by atoms with van der Waals surface area (Å²) in [5.41, 5.74) is 5.86. The highest BCUT2D eigenvalue weighted by molar-refractivity contribution is 9.10. The van der Waals surface area contributed by atoms with E-state index >= 15 is 0 Å². The smallest absolute Gasteiger partial charge is 0.0539 e. The van der Waals surface area contributed by atoms with Crippen LogP contribution >= 0.6 is 15.9 Å². The van der Waals surface area contributed by atoms with Gasteiger partial charge in [-0.05, 0) is 30.7 Å². The van der Waals surface area contributed by atoms with Crippen molar-refractivity contribution in [1.82, 2.24) is 5.01 Å². The molecule has 0 aliphatic carbocycles. The lowest BCUT2D eigenvalue weighted by Crippen LogP contribution is -2.20. The SMILES string of the molecule is CC1c2cc(Br)ccc2NN1C. The van der Waals surface area contributed by atoms with E-state index in [-0.39, 0.29) is 0 Å². The Morgan fingerprint density at radius 3 is 3.00 bits per heavy atom. The van der Waals surface area contributed by atoms with Gasteiger partial charge in [-0.1, -0.05) is 15.9 Å². The molecule has 2 nitrogen and oxygen atoms in total. The quantitative estimate of drug-likeness (QED) is 0.733. The van der Waals surface area contributed by atoms with Crippen LogP contribution < -0.4 is 5.43 Å². The molecular formula is C9H11BrN2. The molecule has 1 aromatic carbocycles. The molecule has 1 N–H and O–H groups in total. The second-order valence-corrected chi connectivity index (χ2v) is 4.05. The third kappa shape index (κ3) is 1.13. The first-order valence-electron chi connectivity index (χ1n) is 3.97. The van der Waals surface area contributed by atoms with Gasteiger partial charge in [-0.3, -0.25) is 0 Å². The second-order valence-electron chi connectivity index (χ2n) is 3.13. The van der Waals surface area contributed by atoms with Crippen molar-refractivity contribution in [2.45, 2.75) is 13.0 Å². The molecule has 3 heteroatoms. The molecule has 1 aromatic rings. The van der Waals surface area contributed by atoms with E-state index in [2.05, 4.69) is 58.5 Å². The molecule has 0 saturated carbocycles. The average molecular weight is 227 g/mol. The first-order valence-corrected chi connectivity index (χ1v) is 4.77. The summed E-state index contributed by atoms with van der Waals surface area (Å²) in [6, 6.07) is 6.77. The van der Waals surface area contributed by atoms with Crippen LogP contribution in [0.15, 0.2) is 22.7 Å². The third-order valence-corrected chi connectivity index (χ3v) is 2.83. The number of rotatable bonds is 0. The van der Waals surface area contributed by atoms with Crippen LogP contribution in [0.25, 0.3) is 0 Å². The maximum Gasteiger partial charge on any atom is 0.0539 e. The molecule has 0 fully saturated rings. The number of anilines is 1. The van der Waals surface area contributed by atoms with Crippen molar-refractivity contribution in [3.8, 4) is 0 Å². The van der Waals surface area contributed by atoms with Gasteiger partial charge in [0.05, 0.1) is 11.7 Å². The first kappa shape index (κ1) is 8.08. The lowest BCUT2D eigenvalue weighted by Gasteiger charge is -2.14. The topological polar surface area (TPSA) is 15.3 Å². The number of halogens is 1. The number of nitrogens with one attached hydrogen (secondary N) is 1. The summed E-state index contributed by atoms with van der Waals surface area (Å²) < 4.78 is 1.14. The Bertz CT molecular complexity index is 311. The van der Waals surface area contributed by atoms with Gasteiger partial charge >= 0.3 is 0 Å². The Labute approximate surface area is 80.7 Å². The Morgan fingerprint density at radius 2 is 2.25 bits per heavy atom. The zero-order chi connectivity index (χ0) is 8.72. The number of hydrazine groups is 1. The van der Waals surface area contributed by atoms with Gasteiger partial charge in [0, 0.05) is 11.5 Å². The number of hydrogen-bond donors (Lipinski definition) is 1. The minimum Gasteiger partial charge on any atom is -0.318 e. The summed E-state index contributed by atoms with van der Waals surface area (Å²) in [6.45, 7) is 2.19. The van der Waals surface area contributed by atoms with Gasteiger partial charge in [0.25, 0.3) is 0 Å². The number of nitrogens with zero attached hydrogens (tertiary/aromatic N) is 1. The van der Waals surface area contributed by atoms with E-state index < -0.39 is 0 Å². The normalized spacial score (nSPS) is 22.1. The van der Waals surface area contributed by atoms with E-state index in [9.17, 15) is 0 Å². The van der Waals surface area contributed by atoms with Gasteiger partial charge in [0.2, 0.25) is 0 Å². The fourth-order valence-corrected chi connectivity index (χ4v) is 1.86. The molecule has 2 rings (SSSR count). The molecule has 1 aliphatic rings. The van der Waals surface area contributed by atoms with Crippen molar-refractivity contribution in [3.63, 3.8) is 0 Å². The van der Waals surface area contributed by atoms with Crippen molar-refractivity contribution in [3.05, 3.63) is 28.2 Å². The number of benzene rings is 1. The Balaban J connectivity index is 2.48. The fraction of sp³-hybridized carbons (Fsp3) is 0.333. The molecule has 12 heavy (non-hydrogen) atoms. The van der Waals surface area contributed by atoms with E-state index in [0.717, 1.165) is 4.47 Å². The van der Waals surface area contributed by atoms with Crippen LogP contribution in [0, 0.1) is 0 Å². The van der Waals surface area contributed by atoms with Gasteiger partial charge in [0.1, 0.15) is 0 Å². The molecule has 1 atom stereocenters. The summed E-state index contributed by atoms with van der Waals surface area (Å²) in [6.07, 6.45) is 0. The maximum atomic E-state index is 3.47. The van der Waals surface area contributed by atoms with Gasteiger partial charge < -0.3 is 5.43 Å². The molecule has 64 valence electrons. The zero-order valence-electron chi connectivity index (χ0n) is 7.13. The summed E-state index contributed by atoms with van der Waals surface area (Å²) in [7, 11) is 2.05. The van der Waals surface area contributed by atoms with Crippen LogP contribution in [-0.2, 0) is 0 Å². The van der Waals surface area contributed by atoms with E-state index in [1.165, 1.54) is 11.3 Å². The lowest BCUT2D eigenvalue weighted by molar-refractivity contribution is 0.342. The molecule has 1 aliphatic heterocycles. The zero-order valence-corrected chi connectivity index (χ0v) is 8.72. The highest BCUT2D eigenvalue weighted by Gasteiger charge is 2.22. The number of hydrogen-bond acceptors (Lipinski definition) is 2. The fourth-order valence-electron chi connectivity index (χ4n) is 1.48. The van der Waals surface area contributed by atoms with Gasteiger partial charge in [-0.15, -0.1) is 0 Å². The molecule has 1 heterocycles. The Kier molecular flexibility index (Phi) is 1.85. The predicted octanol–water partition coefficient (Wildman–Crippen LogP) is 2.78. The Morgan fingerprint density at radius 1 is 1.50 bits per heavy atom. The summed E-state index contributed by atoms with van der Waals surface area (Å²) in [5.74, 6) is 0. The lowest BCUT2D eigenvalue weighted by atomic mass is 10.1. The van der Waals surface area contributed by atoms with E-state index in [1.54, 1.807) is 0 Å². The minimum atomic E-state index is 0.456. The molecule has 0 bridgehead atoms. The second kappa shape index (κ2) is 2.75. The monoisotopic (exact) mass is 226 g/mol. The minimum absolute atomic E-state index is 0.456. The van der Waals surface area contributed by atoms with Crippen LogP contribution in [-0.4, -0.2) is 12.1 Å². The van der Waals surface area contributed by atoms with Crippen LogP contribution in [0.4, 0.5) is 5.69 Å². The van der Waals surface area contributed by atoms with Crippen molar-refractivity contribution < 1.29 is 0 Å². The largest absolute Gasteiger partial charge is 0.318 e. The molecule has 0 spiro atoms. The summed E-state index contributed by atoms with van der Waals surface area (Å²) >= 11 is 3.47. The predicted molar refractivity (Wildman–Crippen MR) is 53.9 cm³/mol. The van der Waals surface area contributed by atoms with Gasteiger partial charge in [-0.25, -0.2) is 5.01 Å². The molecule has 0 saturated heterocycles. The molecule has 0 amide bonds. The standard InChI is InChI=1S/C9H11BrN2/c1-6-8-5-7(10)3-4-9(8)11-12(6)2/h3-6,11H,1-2H3. The Hall–Kier alpha value is -0.540. The highest BCUT2D eigenvalue weighted by Crippen LogP contribution is 2.34. The average Bonchev–Trinajstić information content (AvgIpc) is 2.31. The van der Waals surface area contributed by atoms with Crippen LogP contribution in [0.2, 0.25) is 0 Å². The summed E-state index contributed by atoms with van der Waals surface area (Å²) in [4.78, 5) is 0. The molecular weight excluding hydrogens is 216 g/mol. The van der Waals surface area contributed by atoms with E-state index in [0.29, 0.717) is 6.04 Å². The molecule has 0 radical (unpaired) electrons. The van der Waals surface area contributed by atoms with Crippen LogP contribution in [0.3, 0.4) is 0 Å². The van der Waals surface area contributed by atoms with Crippen molar-refractivity contribution in [2.75, 3.05) is 12.5 Å². The summed E-state index contributed by atoms with van der Waals surface area (Å²) in [5, 5.41) is 2.11.